The molecule has 0 aliphatic carbocycles. The van der Waals surface area contributed by atoms with E-state index >= 15 is 0 Å². The zero-order valence-corrected chi connectivity index (χ0v) is 22.2. The maximum atomic E-state index is 12.3. The Balaban J connectivity index is 1.68. The number of nitrogens with one attached hydrogen (secondary N) is 2. The van der Waals surface area contributed by atoms with Crippen molar-refractivity contribution in [3.63, 3.8) is 0 Å². The van der Waals surface area contributed by atoms with Crippen molar-refractivity contribution in [2.45, 2.75) is 26.3 Å². The lowest BCUT2D eigenvalue weighted by atomic mass is 9.98. The van der Waals surface area contributed by atoms with Crippen molar-refractivity contribution in [2.75, 3.05) is 64.8 Å². The highest BCUT2D eigenvalue weighted by molar-refractivity contribution is 5.79. The van der Waals surface area contributed by atoms with Gasteiger partial charge in [0, 0.05) is 44.0 Å². The smallest absolute Gasteiger partial charge is 0.310 e. The summed E-state index contributed by atoms with van der Waals surface area (Å²) in [6.45, 7) is 5.06. The van der Waals surface area contributed by atoms with Crippen LogP contribution in [-0.4, -0.2) is 75.1 Å². The van der Waals surface area contributed by atoms with Crippen LogP contribution >= 0.6 is 0 Å². The van der Waals surface area contributed by atoms with Gasteiger partial charge >= 0.3 is 5.97 Å². The van der Waals surface area contributed by atoms with Gasteiger partial charge in [0.05, 0.1) is 33.9 Å². The zero-order valence-electron chi connectivity index (χ0n) is 22.2. The summed E-state index contributed by atoms with van der Waals surface area (Å²) in [6.07, 6.45) is 1.75. The van der Waals surface area contributed by atoms with Crippen LogP contribution in [0.1, 0.15) is 19.8 Å². The van der Waals surface area contributed by atoms with Gasteiger partial charge in [-0.1, -0.05) is 0 Å². The summed E-state index contributed by atoms with van der Waals surface area (Å²) in [7, 11) is 6.66. The lowest BCUT2D eigenvalue weighted by molar-refractivity contribution is -0.148. The summed E-state index contributed by atoms with van der Waals surface area (Å²) in [4.78, 5) is 24.3. The molecule has 11 heteroatoms. The van der Waals surface area contributed by atoms with E-state index < -0.39 is 0 Å². The first kappa shape index (κ1) is 26.3. The molecule has 0 amide bonds. The molecule has 3 aromatic rings. The van der Waals surface area contributed by atoms with Crippen LogP contribution in [0.15, 0.2) is 24.3 Å². The van der Waals surface area contributed by atoms with Crippen molar-refractivity contribution >= 4 is 34.6 Å². The number of likely N-dealkylation sites (N-methyl/N-ethyl adjacent to an activating group) is 1. The molecule has 0 spiro atoms. The fourth-order valence-electron chi connectivity index (χ4n) is 4.62. The van der Waals surface area contributed by atoms with Crippen molar-refractivity contribution in [1.29, 1.82) is 0 Å². The molecule has 3 heterocycles. The number of ether oxygens (including phenoxy) is 4. The summed E-state index contributed by atoms with van der Waals surface area (Å²) < 4.78 is 23.8. The number of rotatable bonds is 11. The molecule has 4 rings (SSSR count). The summed E-state index contributed by atoms with van der Waals surface area (Å²) in [5, 5.41) is 6.60. The fraction of sp³-hybridized carbons (Fsp3) is 0.500. The molecular weight excluding hydrogens is 476 g/mol. The number of methoxy groups -OCH3 is 3. The van der Waals surface area contributed by atoms with E-state index in [1.165, 1.54) is 0 Å². The van der Waals surface area contributed by atoms with E-state index in [-0.39, 0.29) is 11.9 Å². The Morgan fingerprint density at radius 3 is 2.51 bits per heavy atom. The highest BCUT2D eigenvalue weighted by Gasteiger charge is 2.28. The average molecular weight is 513 g/mol. The maximum Gasteiger partial charge on any atom is 0.310 e. The molecule has 1 fully saturated rings. The summed E-state index contributed by atoms with van der Waals surface area (Å²) in [5.74, 6) is 2.81. The standard InChI is InChI=1S/C26H36N6O5/c1-6-37-25(33)17-8-7-12-31(16-17)22-10-9-19-24(30-22)32(13-11-27-2)26(29-19)28-18-14-20(34-3)23(36-5)21(15-18)35-4/h9-10,14-15,17,27H,6-8,11-13,16H2,1-5H3,(H,28,29). The van der Waals surface area contributed by atoms with Crippen LogP contribution in [0.2, 0.25) is 0 Å². The molecule has 2 aromatic heterocycles. The van der Waals surface area contributed by atoms with Crippen molar-refractivity contribution in [3.05, 3.63) is 24.3 Å². The van der Waals surface area contributed by atoms with E-state index in [2.05, 4.69) is 15.5 Å². The predicted octanol–water partition coefficient (Wildman–Crippen LogP) is 3.20. The van der Waals surface area contributed by atoms with Gasteiger partial charge in [-0.3, -0.25) is 9.36 Å². The predicted molar refractivity (Wildman–Crippen MR) is 142 cm³/mol. The fourth-order valence-corrected chi connectivity index (χ4v) is 4.62. The summed E-state index contributed by atoms with van der Waals surface area (Å²) in [6, 6.07) is 7.62. The van der Waals surface area contributed by atoms with Gasteiger partial charge in [-0.25, -0.2) is 9.97 Å². The van der Waals surface area contributed by atoms with Gasteiger partial charge < -0.3 is 34.5 Å². The van der Waals surface area contributed by atoms with Crippen molar-refractivity contribution in [3.8, 4) is 17.2 Å². The van der Waals surface area contributed by atoms with E-state index in [0.29, 0.717) is 42.9 Å². The van der Waals surface area contributed by atoms with E-state index in [4.69, 9.17) is 28.9 Å². The summed E-state index contributed by atoms with van der Waals surface area (Å²) >= 11 is 0. The number of hydrogen-bond donors (Lipinski definition) is 2. The normalized spacial score (nSPS) is 15.5. The average Bonchev–Trinajstić information content (AvgIpc) is 3.27. The lowest BCUT2D eigenvalue weighted by Crippen LogP contribution is -2.39. The van der Waals surface area contributed by atoms with Gasteiger partial charge in [0.15, 0.2) is 17.1 Å². The van der Waals surface area contributed by atoms with Gasteiger partial charge in [0.25, 0.3) is 0 Å². The third-order valence-electron chi connectivity index (χ3n) is 6.45. The number of imidazole rings is 1. The molecule has 200 valence electrons. The molecule has 0 saturated carbocycles. The number of benzene rings is 1. The Kier molecular flexibility index (Phi) is 8.54. The molecular formula is C26H36N6O5. The molecule has 2 N–H and O–H groups in total. The van der Waals surface area contributed by atoms with Crippen LogP contribution in [0.25, 0.3) is 11.2 Å². The molecule has 1 saturated heterocycles. The van der Waals surface area contributed by atoms with E-state index in [9.17, 15) is 4.79 Å². The Morgan fingerprint density at radius 1 is 1.11 bits per heavy atom. The second kappa shape index (κ2) is 12.0. The number of pyridine rings is 1. The van der Waals surface area contributed by atoms with Crippen LogP contribution in [0.3, 0.4) is 0 Å². The number of carbonyl (C=O) groups is 1. The number of anilines is 3. The number of fused-ring (bicyclic) bond motifs is 1. The van der Waals surface area contributed by atoms with E-state index in [1.807, 2.05) is 42.8 Å². The number of esters is 1. The topological polar surface area (TPSA) is 112 Å². The molecule has 1 aliphatic heterocycles. The molecule has 11 nitrogen and oxygen atoms in total. The van der Waals surface area contributed by atoms with Crippen LogP contribution in [0.4, 0.5) is 17.5 Å². The molecule has 1 atom stereocenters. The Morgan fingerprint density at radius 2 is 1.86 bits per heavy atom. The Hall–Kier alpha value is -3.73. The van der Waals surface area contributed by atoms with Gasteiger partial charge in [-0.15, -0.1) is 0 Å². The van der Waals surface area contributed by atoms with E-state index in [1.54, 1.807) is 21.3 Å². The minimum atomic E-state index is -0.141. The highest BCUT2D eigenvalue weighted by atomic mass is 16.5. The van der Waals surface area contributed by atoms with Gasteiger partial charge in [-0.05, 0) is 38.9 Å². The van der Waals surface area contributed by atoms with Gasteiger partial charge in [-0.2, -0.15) is 0 Å². The number of carbonyl (C=O) groups excluding carboxylic acids is 1. The van der Waals surface area contributed by atoms with E-state index in [0.717, 1.165) is 48.6 Å². The number of hydrogen-bond acceptors (Lipinski definition) is 10. The van der Waals surface area contributed by atoms with Gasteiger partial charge in [0.1, 0.15) is 11.3 Å². The SMILES string of the molecule is CCOC(=O)C1CCCN(c2ccc3nc(Nc4cc(OC)c(OC)c(OC)c4)n(CCNC)c3n2)C1. The van der Waals surface area contributed by atoms with Crippen molar-refractivity contribution in [1.82, 2.24) is 19.9 Å². The van der Waals surface area contributed by atoms with Gasteiger partial charge in [0.2, 0.25) is 11.7 Å². The Bertz CT molecular complexity index is 1200. The molecule has 0 radical (unpaired) electrons. The molecule has 1 aliphatic rings. The Labute approximate surface area is 217 Å². The number of aromatic nitrogens is 3. The second-order valence-electron chi connectivity index (χ2n) is 8.78. The third kappa shape index (κ3) is 5.66. The van der Waals surface area contributed by atoms with Crippen molar-refractivity contribution in [2.24, 2.45) is 5.92 Å². The monoisotopic (exact) mass is 512 g/mol. The molecule has 37 heavy (non-hydrogen) atoms. The third-order valence-corrected chi connectivity index (χ3v) is 6.45. The first-order valence-electron chi connectivity index (χ1n) is 12.5. The quantitative estimate of drug-likeness (QED) is 0.372. The summed E-state index contributed by atoms with van der Waals surface area (Å²) in [5.41, 5.74) is 2.28. The van der Waals surface area contributed by atoms with Crippen molar-refractivity contribution < 1.29 is 23.7 Å². The largest absolute Gasteiger partial charge is 0.493 e. The lowest BCUT2D eigenvalue weighted by Gasteiger charge is -2.32. The van der Waals surface area contributed by atoms with Crippen LogP contribution in [0.5, 0.6) is 17.2 Å². The highest BCUT2D eigenvalue weighted by Crippen LogP contribution is 2.40. The first-order valence-corrected chi connectivity index (χ1v) is 12.5. The maximum absolute atomic E-state index is 12.3. The molecule has 1 aromatic carbocycles. The van der Waals surface area contributed by atoms with Crippen LogP contribution in [0, 0.1) is 5.92 Å². The zero-order chi connectivity index (χ0) is 26.4. The minimum absolute atomic E-state index is 0.135. The number of piperidine rings is 1. The minimum Gasteiger partial charge on any atom is -0.493 e. The number of nitrogens with zero attached hydrogens (tertiary/aromatic N) is 4. The van der Waals surface area contributed by atoms with Crippen LogP contribution in [-0.2, 0) is 16.1 Å². The second-order valence-corrected chi connectivity index (χ2v) is 8.78. The first-order chi connectivity index (χ1) is 18.0. The van der Waals surface area contributed by atoms with Crippen LogP contribution < -0.4 is 29.7 Å². The molecule has 0 bridgehead atoms. The molecule has 1 unspecified atom stereocenters.